The van der Waals surface area contributed by atoms with Crippen molar-refractivity contribution < 1.29 is 19.1 Å². The Morgan fingerprint density at radius 1 is 1.09 bits per heavy atom. The normalized spacial score (nSPS) is 10.7. The average Bonchev–Trinajstić information content (AvgIpc) is 3.26. The minimum absolute atomic E-state index is 0.0496. The van der Waals surface area contributed by atoms with Gasteiger partial charge >= 0.3 is 12.0 Å². The van der Waals surface area contributed by atoms with Gasteiger partial charge in [-0.1, -0.05) is 23.2 Å². The fraction of sp³-hybridized carbons (Fsp3) is 0.130. The molecule has 2 aromatic carbocycles. The average molecular weight is 533 g/mol. The molecular formula is C23H18Cl2N4O5S. The minimum atomic E-state index is -0.690. The van der Waals surface area contributed by atoms with Gasteiger partial charge in [0.1, 0.15) is 10.8 Å². The molecule has 0 fully saturated rings. The molecule has 9 nitrogen and oxygen atoms in total. The van der Waals surface area contributed by atoms with Crippen LogP contribution in [0.3, 0.4) is 0 Å². The van der Waals surface area contributed by atoms with Gasteiger partial charge < -0.3 is 14.8 Å². The monoisotopic (exact) mass is 532 g/mol. The Morgan fingerprint density at radius 3 is 2.49 bits per heavy atom. The lowest BCUT2D eigenvalue weighted by Crippen LogP contribution is -2.26. The predicted molar refractivity (Wildman–Crippen MR) is 137 cm³/mol. The number of hydrogen-bond donors (Lipinski definition) is 2. The van der Waals surface area contributed by atoms with E-state index < -0.39 is 17.6 Å². The number of esters is 1. The molecule has 4 aromatic rings. The van der Waals surface area contributed by atoms with Gasteiger partial charge in [-0.25, -0.2) is 9.59 Å². The third-order valence-electron chi connectivity index (χ3n) is 4.84. The van der Waals surface area contributed by atoms with Crippen molar-refractivity contribution in [1.82, 2.24) is 9.78 Å². The van der Waals surface area contributed by atoms with Gasteiger partial charge in [0.2, 0.25) is 0 Å². The number of aromatic nitrogens is 2. The highest BCUT2D eigenvalue weighted by Crippen LogP contribution is 2.31. The summed E-state index contributed by atoms with van der Waals surface area (Å²) in [6.45, 7) is 1.80. The Labute approximate surface area is 213 Å². The minimum Gasteiger partial charge on any atom is -0.497 e. The van der Waals surface area contributed by atoms with E-state index >= 15 is 0 Å². The Kier molecular flexibility index (Phi) is 7.25. The van der Waals surface area contributed by atoms with Crippen molar-refractivity contribution in [2.75, 3.05) is 24.4 Å². The molecule has 0 aliphatic carbocycles. The lowest BCUT2D eigenvalue weighted by Gasteiger charge is -2.11. The number of hydrogen-bond acceptors (Lipinski definition) is 7. The van der Waals surface area contributed by atoms with E-state index in [0.717, 1.165) is 16.0 Å². The SMILES string of the molecule is CCOC(=O)c1nn(-c2ccc(OC)cc2)c(=O)c2c(NC(=O)Nc3ccc(Cl)c(Cl)c3)scc12. The third-order valence-corrected chi connectivity index (χ3v) is 6.48. The molecule has 0 atom stereocenters. The molecule has 0 aliphatic rings. The molecule has 0 saturated heterocycles. The number of thiophene rings is 1. The van der Waals surface area contributed by atoms with E-state index in [4.69, 9.17) is 32.7 Å². The molecular weight excluding hydrogens is 515 g/mol. The quantitative estimate of drug-likeness (QED) is 0.313. The van der Waals surface area contributed by atoms with E-state index in [2.05, 4.69) is 15.7 Å². The van der Waals surface area contributed by atoms with Crippen LogP contribution in [0.25, 0.3) is 16.5 Å². The fourth-order valence-electron chi connectivity index (χ4n) is 3.23. The second-order valence-corrected chi connectivity index (χ2v) is 8.74. The van der Waals surface area contributed by atoms with Crippen LogP contribution in [0.1, 0.15) is 17.4 Å². The van der Waals surface area contributed by atoms with E-state index in [0.29, 0.717) is 22.1 Å². The first kappa shape index (κ1) is 24.5. The number of nitrogens with zero attached hydrogens (tertiary/aromatic N) is 2. The number of benzene rings is 2. The molecule has 2 N–H and O–H groups in total. The third kappa shape index (κ3) is 5.09. The standard InChI is InChI=1S/C23H18Cl2N4O5S/c1-3-34-22(31)19-15-11-35-20(27-23(32)26-12-4-9-16(24)17(25)10-12)18(15)21(30)29(28-19)13-5-7-14(33-2)8-6-13/h4-11H,3H2,1-2H3,(H2,26,27,32). The highest BCUT2D eigenvalue weighted by atomic mass is 35.5. The molecule has 4 rings (SSSR count). The van der Waals surface area contributed by atoms with Crippen molar-refractivity contribution in [3.8, 4) is 11.4 Å². The Bertz CT molecular complexity index is 1480. The number of anilines is 2. The maximum atomic E-state index is 13.4. The number of urea groups is 1. The zero-order valence-electron chi connectivity index (χ0n) is 18.4. The summed E-state index contributed by atoms with van der Waals surface area (Å²) in [6.07, 6.45) is 0. The molecule has 180 valence electrons. The summed E-state index contributed by atoms with van der Waals surface area (Å²) in [5, 5.41) is 12.4. The molecule has 0 spiro atoms. The van der Waals surface area contributed by atoms with Gasteiger partial charge in [-0.3, -0.25) is 10.1 Å². The summed E-state index contributed by atoms with van der Waals surface area (Å²) in [7, 11) is 1.52. The largest absolute Gasteiger partial charge is 0.497 e. The first-order chi connectivity index (χ1) is 16.8. The highest BCUT2D eigenvalue weighted by Gasteiger charge is 2.23. The highest BCUT2D eigenvalue weighted by molar-refractivity contribution is 7.16. The number of nitrogens with one attached hydrogen (secondary N) is 2. The van der Waals surface area contributed by atoms with Crippen LogP contribution in [0, 0.1) is 0 Å². The summed E-state index contributed by atoms with van der Waals surface area (Å²) in [4.78, 5) is 38.7. The molecule has 2 amide bonds. The number of rotatable bonds is 6. The molecule has 0 saturated carbocycles. The summed E-state index contributed by atoms with van der Waals surface area (Å²) in [6, 6.07) is 10.6. The molecule has 2 aromatic heterocycles. The van der Waals surface area contributed by atoms with E-state index in [-0.39, 0.29) is 33.1 Å². The summed E-state index contributed by atoms with van der Waals surface area (Å²) in [5.74, 6) is -0.102. The van der Waals surface area contributed by atoms with Crippen molar-refractivity contribution in [3.05, 3.63) is 73.9 Å². The van der Waals surface area contributed by atoms with Crippen molar-refractivity contribution in [3.63, 3.8) is 0 Å². The van der Waals surface area contributed by atoms with E-state index in [1.165, 1.54) is 13.2 Å². The number of fused-ring (bicyclic) bond motifs is 1. The summed E-state index contributed by atoms with van der Waals surface area (Å²) < 4.78 is 11.4. The molecule has 35 heavy (non-hydrogen) atoms. The topological polar surface area (TPSA) is 112 Å². The Morgan fingerprint density at radius 2 is 1.83 bits per heavy atom. The number of halogens is 2. The van der Waals surface area contributed by atoms with Crippen LogP contribution >= 0.6 is 34.5 Å². The van der Waals surface area contributed by atoms with Gasteiger partial charge in [-0.05, 0) is 49.4 Å². The first-order valence-corrected chi connectivity index (χ1v) is 11.8. The lowest BCUT2D eigenvalue weighted by atomic mass is 10.2. The van der Waals surface area contributed by atoms with Gasteiger partial charge in [0.15, 0.2) is 5.69 Å². The van der Waals surface area contributed by atoms with Gasteiger partial charge in [-0.2, -0.15) is 9.78 Å². The van der Waals surface area contributed by atoms with Crippen molar-refractivity contribution in [1.29, 1.82) is 0 Å². The summed E-state index contributed by atoms with van der Waals surface area (Å²) >= 11 is 13.0. The molecule has 0 unspecified atom stereocenters. The lowest BCUT2D eigenvalue weighted by molar-refractivity contribution is 0.0520. The van der Waals surface area contributed by atoms with Crippen molar-refractivity contribution in [2.24, 2.45) is 0 Å². The zero-order valence-corrected chi connectivity index (χ0v) is 20.8. The van der Waals surface area contributed by atoms with Crippen LogP contribution in [-0.4, -0.2) is 35.5 Å². The van der Waals surface area contributed by atoms with Crippen molar-refractivity contribution >= 4 is 68.0 Å². The molecule has 0 aliphatic heterocycles. The fourth-order valence-corrected chi connectivity index (χ4v) is 4.46. The van der Waals surface area contributed by atoms with Crippen LogP contribution in [0.5, 0.6) is 5.75 Å². The number of methoxy groups -OCH3 is 1. The number of amides is 2. The van der Waals surface area contributed by atoms with Gasteiger partial charge in [0.05, 0.1) is 34.8 Å². The van der Waals surface area contributed by atoms with Crippen LogP contribution in [0.2, 0.25) is 10.0 Å². The predicted octanol–water partition coefficient (Wildman–Crippen LogP) is 5.58. The van der Waals surface area contributed by atoms with E-state index in [1.807, 2.05) is 0 Å². The molecule has 2 heterocycles. The van der Waals surface area contributed by atoms with Gasteiger partial charge in [-0.15, -0.1) is 11.3 Å². The van der Waals surface area contributed by atoms with E-state index in [1.54, 1.807) is 48.7 Å². The Balaban J connectivity index is 1.77. The van der Waals surface area contributed by atoms with Gasteiger partial charge in [0, 0.05) is 16.5 Å². The van der Waals surface area contributed by atoms with Crippen LogP contribution in [0.15, 0.2) is 52.6 Å². The second kappa shape index (κ2) is 10.3. The van der Waals surface area contributed by atoms with Crippen LogP contribution < -0.4 is 20.9 Å². The zero-order chi connectivity index (χ0) is 25.1. The molecule has 0 bridgehead atoms. The summed E-state index contributed by atoms with van der Waals surface area (Å²) in [5.41, 5.74) is 0.235. The van der Waals surface area contributed by atoms with Crippen molar-refractivity contribution in [2.45, 2.75) is 6.92 Å². The van der Waals surface area contributed by atoms with Crippen LogP contribution in [-0.2, 0) is 4.74 Å². The van der Waals surface area contributed by atoms with Gasteiger partial charge in [0.25, 0.3) is 5.56 Å². The van der Waals surface area contributed by atoms with E-state index in [9.17, 15) is 14.4 Å². The number of ether oxygens (including phenoxy) is 2. The molecule has 0 radical (unpaired) electrons. The Hall–Kier alpha value is -3.60. The number of carbonyl (C=O) groups excluding carboxylic acids is 2. The second-order valence-electron chi connectivity index (χ2n) is 7.05. The van der Waals surface area contributed by atoms with Crippen LogP contribution in [0.4, 0.5) is 15.5 Å². The number of carbonyl (C=O) groups is 2. The maximum absolute atomic E-state index is 13.4. The smallest absolute Gasteiger partial charge is 0.359 e. The maximum Gasteiger partial charge on any atom is 0.359 e. The molecule has 12 heteroatoms. The first-order valence-electron chi connectivity index (χ1n) is 10.2.